The van der Waals surface area contributed by atoms with E-state index in [4.69, 9.17) is 10.5 Å². The standard InChI is InChI=1S/C23H23NO3/c24-14-21-17-11-12-19(25)23(26)18(17)13-20(27-21)22(15-7-3-1-4-8-15)16-9-5-2-6-10-16/h1-12,20-22,25-26H,13-14,24H2/t20-,21-/m0/s1. The second-order valence-corrected chi connectivity index (χ2v) is 6.90. The minimum absolute atomic E-state index is 0.00338. The Morgan fingerprint density at radius 3 is 2.04 bits per heavy atom. The molecule has 3 aromatic carbocycles. The second kappa shape index (κ2) is 7.43. The molecule has 3 aromatic rings. The number of hydrogen-bond acceptors (Lipinski definition) is 4. The van der Waals surface area contributed by atoms with E-state index in [1.807, 2.05) is 36.4 Å². The summed E-state index contributed by atoms with van der Waals surface area (Å²) >= 11 is 0. The molecule has 0 saturated carbocycles. The molecule has 0 aromatic heterocycles. The van der Waals surface area contributed by atoms with Gasteiger partial charge in [-0.3, -0.25) is 0 Å². The lowest BCUT2D eigenvalue weighted by Gasteiger charge is -2.37. The molecule has 0 unspecified atom stereocenters. The Bertz CT molecular complexity index is 872. The molecule has 4 nitrogen and oxygen atoms in total. The molecule has 1 aliphatic rings. The minimum Gasteiger partial charge on any atom is -0.504 e. The van der Waals surface area contributed by atoms with Crippen LogP contribution in [-0.4, -0.2) is 22.9 Å². The van der Waals surface area contributed by atoms with Gasteiger partial charge >= 0.3 is 0 Å². The van der Waals surface area contributed by atoms with Gasteiger partial charge in [0.1, 0.15) is 0 Å². The van der Waals surface area contributed by atoms with E-state index >= 15 is 0 Å². The van der Waals surface area contributed by atoms with E-state index in [-0.39, 0.29) is 29.6 Å². The fraction of sp³-hybridized carbons (Fsp3) is 0.217. The van der Waals surface area contributed by atoms with E-state index in [2.05, 4.69) is 24.3 Å². The van der Waals surface area contributed by atoms with Gasteiger partial charge in [0.05, 0.1) is 12.2 Å². The summed E-state index contributed by atoms with van der Waals surface area (Å²) in [5.74, 6) is -0.184. The van der Waals surface area contributed by atoms with Crippen molar-refractivity contribution < 1.29 is 14.9 Å². The largest absolute Gasteiger partial charge is 0.504 e. The molecule has 1 aliphatic heterocycles. The quantitative estimate of drug-likeness (QED) is 0.617. The van der Waals surface area contributed by atoms with Crippen molar-refractivity contribution in [1.82, 2.24) is 0 Å². The summed E-state index contributed by atoms with van der Waals surface area (Å²) in [5, 5.41) is 20.4. The molecule has 0 spiro atoms. The summed E-state index contributed by atoms with van der Waals surface area (Å²) in [4.78, 5) is 0. The molecule has 0 aliphatic carbocycles. The summed E-state index contributed by atoms with van der Waals surface area (Å²) in [6.07, 6.45) is -0.0238. The lowest BCUT2D eigenvalue weighted by Crippen LogP contribution is -2.35. The molecule has 0 radical (unpaired) electrons. The summed E-state index contributed by atoms with van der Waals surface area (Å²) in [5.41, 5.74) is 9.84. The first-order valence-corrected chi connectivity index (χ1v) is 9.18. The molecule has 0 saturated heterocycles. The topological polar surface area (TPSA) is 75.7 Å². The predicted octanol–water partition coefficient (Wildman–Crippen LogP) is 3.87. The van der Waals surface area contributed by atoms with Crippen LogP contribution in [-0.2, 0) is 11.2 Å². The van der Waals surface area contributed by atoms with E-state index in [1.165, 1.54) is 6.07 Å². The number of benzene rings is 3. The predicted molar refractivity (Wildman–Crippen MR) is 105 cm³/mol. The van der Waals surface area contributed by atoms with E-state index in [9.17, 15) is 10.2 Å². The normalized spacial score (nSPS) is 19.0. The molecule has 1 heterocycles. The zero-order chi connectivity index (χ0) is 18.8. The average molecular weight is 361 g/mol. The number of ether oxygens (including phenoxy) is 1. The number of phenols is 2. The highest BCUT2D eigenvalue weighted by molar-refractivity contribution is 5.51. The molecular weight excluding hydrogens is 338 g/mol. The number of rotatable bonds is 4. The van der Waals surface area contributed by atoms with Crippen molar-refractivity contribution >= 4 is 0 Å². The molecular formula is C23H23NO3. The highest BCUT2D eigenvalue weighted by atomic mass is 16.5. The maximum absolute atomic E-state index is 10.5. The first-order chi connectivity index (χ1) is 13.2. The Balaban J connectivity index is 1.80. The van der Waals surface area contributed by atoms with Crippen LogP contribution in [0.15, 0.2) is 72.8 Å². The zero-order valence-electron chi connectivity index (χ0n) is 15.0. The molecule has 0 amide bonds. The van der Waals surface area contributed by atoms with E-state index in [0.717, 1.165) is 22.3 Å². The van der Waals surface area contributed by atoms with Gasteiger partial charge in [0, 0.05) is 24.4 Å². The smallest absolute Gasteiger partial charge is 0.161 e. The molecule has 4 rings (SSSR count). The van der Waals surface area contributed by atoms with E-state index < -0.39 is 0 Å². The van der Waals surface area contributed by atoms with Crippen LogP contribution >= 0.6 is 0 Å². The average Bonchev–Trinajstić information content (AvgIpc) is 2.72. The number of nitrogens with two attached hydrogens (primary N) is 1. The van der Waals surface area contributed by atoms with Gasteiger partial charge in [-0.25, -0.2) is 0 Å². The summed E-state index contributed by atoms with van der Waals surface area (Å²) < 4.78 is 6.41. The third kappa shape index (κ3) is 3.29. The van der Waals surface area contributed by atoms with Crippen molar-refractivity contribution in [3.8, 4) is 11.5 Å². The Morgan fingerprint density at radius 2 is 1.48 bits per heavy atom. The van der Waals surface area contributed by atoms with Crippen LogP contribution in [0.4, 0.5) is 0 Å². The number of fused-ring (bicyclic) bond motifs is 1. The first kappa shape index (κ1) is 17.6. The third-order valence-corrected chi connectivity index (χ3v) is 5.29. The lowest BCUT2D eigenvalue weighted by atomic mass is 9.81. The summed E-state index contributed by atoms with van der Waals surface area (Å²) in [6.45, 7) is 0.310. The van der Waals surface area contributed by atoms with Gasteiger partial charge in [0.2, 0.25) is 0 Å². The molecule has 4 heteroatoms. The van der Waals surface area contributed by atoms with Crippen LogP contribution in [0.2, 0.25) is 0 Å². The highest BCUT2D eigenvalue weighted by Crippen LogP contribution is 2.44. The molecule has 27 heavy (non-hydrogen) atoms. The second-order valence-electron chi connectivity index (χ2n) is 6.90. The number of hydrogen-bond donors (Lipinski definition) is 3. The van der Waals surface area contributed by atoms with Gasteiger partial charge < -0.3 is 20.7 Å². The zero-order valence-corrected chi connectivity index (χ0v) is 15.0. The van der Waals surface area contributed by atoms with E-state index in [0.29, 0.717) is 13.0 Å². The number of aromatic hydroxyl groups is 2. The van der Waals surface area contributed by atoms with Gasteiger partial charge in [0.25, 0.3) is 0 Å². The molecule has 2 atom stereocenters. The van der Waals surface area contributed by atoms with Crippen molar-refractivity contribution in [2.45, 2.75) is 24.5 Å². The van der Waals surface area contributed by atoms with Gasteiger partial charge in [0.15, 0.2) is 11.5 Å². The SMILES string of the molecule is NC[C@@H]1O[C@H](C(c2ccccc2)c2ccccc2)Cc2c1ccc(O)c2O. The first-order valence-electron chi connectivity index (χ1n) is 9.18. The summed E-state index contributed by atoms with van der Waals surface area (Å²) in [7, 11) is 0. The maximum Gasteiger partial charge on any atom is 0.161 e. The van der Waals surface area contributed by atoms with Crippen LogP contribution in [0.25, 0.3) is 0 Å². The van der Waals surface area contributed by atoms with Gasteiger partial charge in [-0.15, -0.1) is 0 Å². The van der Waals surface area contributed by atoms with Crippen LogP contribution < -0.4 is 5.73 Å². The van der Waals surface area contributed by atoms with Crippen molar-refractivity contribution in [3.63, 3.8) is 0 Å². The lowest BCUT2D eigenvalue weighted by molar-refractivity contribution is -0.0294. The summed E-state index contributed by atoms with van der Waals surface area (Å²) in [6, 6.07) is 23.7. The minimum atomic E-state index is -0.319. The molecule has 0 bridgehead atoms. The van der Waals surface area contributed by atoms with Crippen molar-refractivity contribution in [2.24, 2.45) is 5.73 Å². The maximum atomic E-state index is 10.5. The fourth-order valence-corrected chi connectivity index (χ4v) is 4.01. The van der Waals surface area contributed by atoms with Crippen molar-refractivity contribution in [3.05, 3.63) is 95.1 Å². The van der Waals surface area contributed by atoms with Crippen LogP contribution in [0, 0.1) is 0 Å². The van der Waals surface area contributed by atoms with Crippen LogP contribution in [0.1, 0.15) is 34.3 Å². The monoisotopic (exact) mass is 361 g/mol. The Kier molecular flexibility index (Phi) is 4.84. The Hall–Kier alpha value is -2.82. The van der Waals surface area contributed by atoms with Crippen LogP contribution in [0.5, 0.6) is 11.5 Å². The molecule has 138 valence electrons. The fourth-order valence-electron chi connectivity index (χ4n) is 4.01. The van der Waals surface area contributed by atoms with Crippen molar-refractivity contribution in [2.75, 3.05) is 6.54 Å². The van der Waals surface area contributed by atoms with Gasteiger partial charge in [-0.2, -0.15) is 0 Å². The number of phenolic OH excluding ortho intramolecular Hbond substituents is 2. The molecule has 4 N–H and O–H groups in total. The van der Waals surface area contributed by atoms with E-state index in [1.54, 1.807) is 6.07 Å². The van der Waals surface area contributed by atoms with Crippen LogP contribution in [0.3, 0.4) is 0 Å². The van der Waals surface area contributed by atoms with Crippen molar-refractivity contribution in [1.29, 1.82) is 0 Å². The third-order valence-electron chi connectivity index (χ3n) is 5.29. The Labute approximate surface area is 158 Å². The van der Waals surface area contributed by atoms with Gasteiger partial charge in [-0.1, -0.05) is 66.7 Å². The molecule has 0 fully saturated rings. The highest BCUT2D eigenvalue weighted by Gasteiger charge is 2.35. The Morgan fingerprint density at radius 1 is 0.889 bits per heavy atom. The van der Waals surface area contributed by atoms with Gasteiger partial charge in [-0.05, 0) is 22.8 Å².